The van der Waals surface area contributed by atoms with Gasteiger partial charge in [-0.15, -0.1) is 0 Å². The summed E-state index contributed by atoms with van der Waals surface area (Å²) in [5, 5.41) is 2.12. The van der Waals surface area contributed by atoms with E-state index in [2.05, 4.69) is 55.3 Å². The van der Waals surface area contributed by atoms with Crippen molar-refractivity contribution in [2.24, 2.45) is 0 Å². The normalized spacial score (nSPS) is 11.2. The Hall–Kier alpha value is -4.58. The first-order valence-corrected chi connectivity index (χ1v) is 10.6. The maximum atomic E-state index is 5.33. The van der Waals surface area contributed by atoms with Crippen molar-refractivity contribution in [2.45, 2.75) is 0 Å². The van der Waals surface area contributed by atoms with Crippen LogP contribution in [-0.4, -0.2) is 32.0 Å². The largest absolute Gasteiger partial charge is 0.495 e. The van der Waals surface area contributed by atoms with Gasteiger partial charge in [0.1, 0.15) is 5.75 Å². The van der Waals surface area contributed by atoms with Crippen molar-refractivity contribution >= 4 is 21.9 Å². The molecule has 0 saturated carbocycles. The van der Waals surface area contributed by atoms with Gasteiger partial charge in [0.25, 0.3) is 0 Å². The Kier molecular flexibility index (Phi) is 4.54. The van der Waals surface area contributed by atoms with Crippen LogP contribution in [-0.2, 0) is 0 Å². The maximum absolute atomic E-state index is 5.33. The Morgan fingerprint density at radius 1 is 0.697 bits per heavy atom. The van der Waals surface area contributed by atoms with Crippen LogP contribution in [0.5, 0.6) is 5.75 Å². The van der Waals surface area contributed by atoms with Crippen LogP contribution < -0.4 is 4.74 Å². The number of fused-ring (bicyclic) bond motifs is 2. The molecule has 0 aliphatic rings. The van der Waals surface area contributed by atoms with Crippen molar-refractivity contribution in [1.82, 2.24) is 24.9 Å². The zero-order valence-electron chi connectivity index (χ0n) is 17.9. The summed E-state index contributed by atoms with van der Waals surface area (Å²) in [5.41, 5.74) is 8.02. The SMILES string of the molecule is COc1cncc(-c2cnc3nccc(-c4cc5c(-c6ccncc6)cccc5[nH]4)c3c2)c1. The predicted octanol–water partition coefficient (Wildman–Crippen LogP) is 5.91. The highest BCUT2D eigenvalue weighted by atomic mass is 16.5. The maximum Gasteiger partial charge on any atom is 0.159 e. The van der Waals surface area contributed by atoms with Gasteiger partial charge in [-0.05, 0) is 53.6 Å². The van der Waals surface area contributed by atoms with Crippen LogP contribution in [0.1, 0.15) is 0 Å². The molecule has 158 valence electrons. The van der Waals surface area contributed by atoms with Gasteiger partial charge in [-0.1, -0.05) is 12.1 Å². The molecule has 6 heteroatoms. The number of H-pyrrole nitrogens is 1. The number of pyridine rings is 4. The number of aromatic amines is 1. The molecule has 0 aliphatic carbocycles. The third kappa shape index (κ3) is 3.38. The van der Waals surface area contributed by atoms with E-state index in [1.165, 1.54) is 0 Å². The Labute approximate surface area is 190 Å². The van der Waals surface area contributed by atoms with E-state index in [9.17, 15) is 0 Å². The molecule has 0 saturated heterocycles. The summed E-state index contributed by atoms with van der Waals surface area (Å²) >= 11 is 0. The van der Waals surface area contributed by atoms with E-state index in [-0.39, 0.29) is 0 Å². The third-order valence-corrected chi connectivity index (χ3v) is 5.82. The predicted molar refractivity (Wildman–Crippen MR) is 130 cm³/mol. The molecule has 1 aromatic carbocycles. The lowest BCUT2D eigenvalue weighted by molar-refractivity contribution is 0.413. The molecule has 0 aliphatic heterocycles. The second-order valence-electron chi connectivity index (χ2n) is 7.75. The minimum atomic E-state index is 0.695. The summed E-state index contributed by atoms with van der Waals surface area (Å²) < 4.78 is 5.33. The van der Waals surface area contributed by atoms with Gasteiger partial charge >= 0.3 is 0 Å². The monoisotopic (exact) mass is 429 g/mol. The fourth-order valence-corrected chi connectivity index (χ4v) is 4.20. The lowest BCUT2D eigenvalue weighted by Gasteiger charge is -2.08. The van der Waals surface area contributed by atoms with E-state index >= 15 is 0 Å². The molecule has 0 atom stereocenters. The van der Waals surface area contributed by atoms with Crippen molar-refractivity contribution in [3.63, 3.8) is 0 Å². The molecule has 0 bridgehead atoms. The number of methoxy groups -OCH3 is 1. The second-order valence-corrected chi connectivity index (χ2v) is 7.75. The number of benzene rings is 1. The highest BCUT2D eigenvalue weighted by Gasteiger charge is 2.13. The van der Waals surface area contributed by atoms with Crippen LogP contribution in [0, 0.1) is 0 Å². The highest BCUT2D eigenvalue weighted by molar-refractivity contribution is 6.01. The Bertz CT molecular complexity index is 1610. The van der Waals surface area contributed by atoms with Gasteiger partial charge in [0.05, 0.1) is 13.3 Å². The zero-order chi connectivity index (χ0) is 22.2. The van der Waals surface area contributed by atoms with Gasteiger partial charge in [-0.25, -0.2) is 9.97 Å². The molecule has 1 N–H and O–H groups in total. The van der Waals surface area contributed by atoms with Crippen molar-refractivity contribution in [2.75, 3.05) is 7.11 Å². The Morgan fingerprint density at radius 3 is 2.45 bits per heavy atom. The Morgan fingerprint density at radius 2 is 1.58 bits per heavy atom. The first kappa shape index (κ1) is 19.1. The molecule has 6 nitrogen and oxygen atoms in total. The van der Waals surface area contributed by atoms with Crippen molar-refractivity contribution in [3.8, 4) is 39.3 Å². The number of hydrogen-bond donors (Lipinski definition) is 1. The molecule has 0 amide bonds. The van der Waals surface area contributed by atoms with E-state index in [1.54, 1.807) is 19.5 Å². The number of aromatic nitrogens is 5. The summed E-state index contributed by atoms with van der Waals surface area (Å²) in [6.07, 6.45) is 10.8. The molecule has 0 unspecified atom stereocenters. The number of nitrogens with one attached hydrogen (secondary N) is 1. The molecule has 0 radical (unpaired) electrons. The number of ether oxygens (including phenoxy) is 1. The van der Waals surface area contributed by atoms with Crippen LogP contribution in [0.25, 0.3) is 55.4 Å². The fourth-order valence-electron chi connectivity index (χ4n) is 4.20. The molecule has 6 aromatic rings. The standard InChI is InChI=1S/C27H19N5O/c1-33-20-11-18(14-29-16-20)19-12-24-22(7-10-30-27(24)31-15-19)26-13-23-21(3-2-4-25(23)32-26)17-5-8-28-9-6-17/h2-16,32H,1H3. The quantitative estimate of drug-likeness (QED) is 0.377. The topological polar surface area (TPSA) is 76.6 Å². The van der Waals surface area contributed by atoms with Gasteiger partial charge in [-0.2, -0.15) is 0 Å². The van der Waals surface area contributed by atoms with E-state index in [0.717, 1.165) is 49.8 Å². The average Bonchev–Trinajstić information content (AvgIpc) is 3.33. The molecule has 6 rings (SSSR count). The minimum absolute atomic E-state index is 0.695. The van der Waals surface area contributed by atoms with Crippen molar-refractivity contribution < 1.29 is 4.74 Å². The van der Waals surface area contributed by atoms with Crippen LogP contribution >= 0.6 is 0 Å². The average molecular weight is 429 g/mol. The number of hydrogen-bond acceptors (Lipinski definition) is 5. The molecule has 0 spiro atoms. The van der Waals surface area contributed by atoms with Gasteiger partial charge in [0.2, 0.25) is 0 Å². The smallest absolute Gasteiger partial charge is 0.159 e. The lowest BCUT2D eigenvalue weighted by atomic mass is 10.0. The van der Waals surface area contributed by atoms with Gasteiger partial charge in [0, 0.05) is 69.7 Å². The molecule has 5 heterocycles. The van der Waals surface area contributed by atoms with Gasteiger partial charge < -0.3 is 9.72 Å². The number of nitrogens with zero attached hydrogens (tertiary/aromatic N) is 4. The van der Waals surface area contributed by atoms with Crippen LogP contribution in [0.4, 0.5) is 0 Å². The van der Waals surface area contributed by atoms with Gasteiger partial charge in [-0.3, -0.25) is 9.97 Å². The number of rotatable bonds is 4. The summed E-state index contributed by atoms with van der Waals surface area (Å²) in [6.45, 7) is 0. The first-order valence-electron chi connectivity index (χ1n) is 10.6. The fraction of sp³-hybridized carbons (Fsp3) is 0.0370. The Balaban J connectivity index is 1.53. The summed E-state index contributed by atoms with van der Waals surface area (Å²) in [7, 11) is 1.64. The second kappa shape index (κ2) is 7.84. The van der Waals surface area contributed by atoms with Crippen LogP contribution in [0.3, 0.4) is 0 Å². The van der Waals surface area contributed by atoms with Crippen LogP contribution in [0.15, 0.2) is 91.8 Å². The molecular weight excluding hydrogens is 410 g/mol. The molecule has 0 fully saturated rings. The van der Waals surface area contributed by atoms with Crippen molar-refractivity contribution in [1.29, 1.82) is 0 Å². The molecule has 5 aromatic heterocycles. The van der Waals surface area contributed by atoms with Crippen molar-refractivity contribution in [3.05, 3.63) is 91.8 Å². The lowest BCUT2D eigenvalue weighted by Crippen LogP contribution is -1.91. The molecule has 33 heavy (non-hydrogen) atoms. The molecular formula is C27H19N5O. The van der Waals surface area contributed by atoms with Gasteiger partial charge in [0.15, 0.2) is 5.65 Å². The summed E-state index contributed by atoms with van der Waals surface area (Å²) in [4.78, 5) is 21.1. The summed E-state index contributed by atoms with van der Waals surface area (Å²) in [6, 6.07) is 18.6. The first-order chi connectivity index (χ1) is 16.3. The van der Waals surface area contributed by atoms with Crippen LogP contribution in [0.2, 0.25) is 0 Å². The summed E-state index contributed by atoms with van der Waals surface area (Å²) in [5.74, 6) is 0.707. The minimum Gasteiger partial charge on any atom is -0.495 e. The van der Waals surface area contributed by atoms with E-state index in [1.807, 2.05) is 49.1 Å². The zero-order valence-corrected chi connectivity index (χ0v) is 17.9. The van der Waals surface area contributed by atoms with E-state index < -0.39 is 0 Å². The van der Waals surface area contributed by atoms with E-state index in [4.69, 9.17) is 4.74 Å². The third-order valence-electron chi connectivity index (χ3n) is 5.82. The highest BCUT2D eigenvalue weighted by Crippen LogP contribution is 2.35. The van der Waals surface area contributed by atoms with E-state index in [0.29, 0.717) is 11.4 Å².